The number of ether oxygens (including phenoxy) is 2. The molecule has 1 aliphatic heterocycles. The Balaban J connectivity index is 1.52. The van der Waals surface area contributed by atoms with Crippen LogP contribution >= 0.6 is 11.3 Å². The topological polar surface area (TPSA) is 69.2 Å². The molecule has 22 heavy (non-hydrogen) atoms. The summed E-state index contributed by atoms with van der Waals surface area (Å²) in [6, 6.07) is 5.77. The highest BCUT2D eigenvalue weighted by molar-refractivity contribution is 7.18. The molecule has 118 valence electrons. The standard InChI is InChI=1S/C15H20N4O2S/c1-11(9-15(2)20-7-8-21-15)10-17-14-19-18-13(22-14)12-5-3-4-6-16-12/h3-6,11H,7-10H2,1-2H3,(H,17,19)/t11-/m1/s1. The molecule has 0 unspecified atom stereocenters. The number of hydrogen-bond acceptors (Lipinski definition) is 7. The number of rotatable bonds is 6. The first-order valence-electron chi connectivity index (χ1n) is 7.41. The molecule has 0 amide bonds. The van der Waals surface area contributed by atoms with Gasteiger partial charge >= 0.3 is 0 Å². The smallest absolute Gasteiger partial charge is 0.206 e. The Bertz CT molecular complexity index is 599. The van der Waals surface area contributed by atoms with Crippen molar-refractivity contribution >= 4 is 16.5 Å². The normalized spacial score (nSPS) is 18.3. The fourth-order valence-electron chi connectivity index (χ4n) is 2.53. The van der Waals surface area contributed by atoms with Gasteiger partial charge in [-0.15, -0.1) is 10.2 Å². The van der Waals surface area contributed by atoms with Gasteiger partial charge in [0.15, 0.2) is 10.8 Å². The second-order valence-electron chi connectivity index (χ2n) is 5.65. The van der Waals surface area contributed by atoms with Gasteiger partial charge in [0.05, 0.1) is 13.2 Å². The third kappa shape index (κ3) is 3.79. The molecule has 1 fully saturated rings. The van der Waals surface area contributed by atoms with Gasteiger partial charge in [-0.3, -0.25) is 4.98 Å². The highest BCUT2D eigenvalue weighted by Crippen LogP contribution is 2.28. The number of pyridine rings is 1. The van der Waals surface area contributed by atoms with Gasteiger partial charge < -0.3 is 14.8 Å². The molecule has 0 saturated carbocycles. The average molecular weight is 320 g/mol. The third-order valence-electron chi connectivity index (χ3n) is 3.53. The van der Waals surface area contributed by atoms with Crippen molar-refractivity contribution in [2.24, 2.45) is 5.92 Å². The second-order valence-corrected chi connectivity index (χ2v) is 6.63. The van der Waals surface area contributed by atoms with E-state index in [1.54, 1.807) is 6.20 Å². The van der Waals surface area contributed by atoms with Crippen molar-refractivity contribution in [3.05, 3.63) is 24.4 Å². The number of aromatic nitrogens is 3. The first-order chi connectivity index (χ1) is 10.6. The molecule has 1 N–H and O–H groups in total. The zero-order valence-corrected chi connectivity index (χ0v) is 13.6. The summed E-state index contributed by atoms with van der Waals surface area (Å²) in [5.41, 5.74) is 0.848. The van der Waals surface area contributed by atoms with Gasteiger partial charge in [-0.05, 0) is 25.0 Å². The van der Waals surface area contributed by atoms with Crippen LogP contribution in [0.1, 0.15) is 20.3 Å². The summed E-state index contributed by atoms with van der Waals surface area (Å²) in [6.07, 6.45) is 2.61. The molecule has 0 spiro atoms. The van der Waals surface area contributed by atoms with Crippen LogP contribution in [0.25, 0.3) is 10.7 Å². The fraction of sp³-hybridized carbons (Fsp3) is 0.533. The molecule has 1 saturated heterocycles. The maximum absolute atomic E-state index is 5.64. The van der Waals surface area contributed by atoms with Crippen LogP contribution in [0.3, 0.4) is 0 Å². The highest BCUT2D eigenvalue weighted by Gasteiger charge is 2.32. The number of hydrogen-bond donors (Lipinski definition) is 1. The van der Waals surface area contributed by atoms with E-state index in [2.05, 4.69) is 27.4 Å². The monoisotopic (exact) mass is 320 g/mol. The summed E-state index contributed by atoms with van der Waals surface area (Å²) in [5, 5.41) is 13.3. The van der Waals surface area contributed by atoms with Gasteiger partial charge in [-0.25, -0.2) is 0 Å². The molecule has 0 aromatic carbocycles. The average Bonchev–Trinajstić information content (AvgIpc) is 3.15. The quantitative estimate of drug-likeness (QED) is 0.882. The van der Waals surface area contributed by atoms with E-state index in [0.717, 1.165) is 28.8 Å². The maximum Gasteiger partial charge on any atom is 0.206 e. The molecule has 1 atom stereocenters. The van der Waals surface area contributed by atoms with Crippen molar-refractivity contribution in [1.82, 2.24) is 15.2 Å². The number of nitrogens with zero attached hydrogens (tertiary/aromatic N) is 3. The zero-order chi connectivity index (χ0) is 15.4. The van der Waals surface area contributed by atoms with E-state index in [-0.39, 0.29) is 0 Å². The minimum atomic E-state index is -0.443. The van der Waals surface area contributed by atoms with E-state index in [1.807, 2.05) is 25.1 Å². The molecule has 2 aromatic heterocycles. The summed E-state index contributed by atoms with van der Waals surface area (Å²) >= 11 is 1.51. The van der Waals surface area contributed by atoms with Crippen LogP contribution in [0.4, 0.5) is 5.13 Å². The first kappa shape index (κ1) is 15.3. The molecule has 2 aromatic rings. The third-order valence-corrected chi connectivity index (χ3v) is 4.43. The van der Waals surface area contributed by atoms with E-state index in [0.29, 0.717) is 19.1 Å². The van der Waals surface area contributed by atoms with Crippen LogP contribution in [0.2, 0.25) is 0 Å². The second kappa shape index (κ2) is 6.68. The Morgan fingerprint density at radius 2 is 2.14 bits per heavy atom. The van der Waals surface area contributed by atoms with Crippen LogP contribution in [-0.4, -0.2) is 40.7 Å². The fourth-order valence-corrected chi connectivity index (χ4v) is 3.26. The molecule has 1 aliphatic rings. The molecule has 7 heteroatoms. The molecule has 3 rings (SSSR count). The molecule has 0 bridgehead atoms. The van der Waals surface area contributed by atoms with Crippen LogP contribution < -0.4 is 5.32 Å². The van der Waals surface area contributed by atoms with Crippen LogP contribution in [0.15, 0.2) is 24.4 Å². The lowest BCUT2D eigenvalue weighted by Crippen LogP contribution is -2.30. The Morgan fingerprint density at radius 3 is 2.86 bits per heavy atom. The van der Waals surface area contributed by atoms with E-state index in [9.17, 15) is 0 Å². The molecule has 3 heterocycles. The maximum atomic E-state index is 5.64. The predicted molar refractivity (Wildman–Crippen MR) is 85.7 cm³/mol. The summed E-state index contributed by atoms with van der Waals surface area (Å²) in [5.74, 6) is -0.0354. The van der Waals surface area contributed by atoms with Gasteiger partial charge in [0.2, 0.25) is 5.13 Å². The summed E-state index contributed by atoms with van der Waals surface area (Å²) < 4.78 is 11.3. The molecule has 6 nitrogen and oxygen atoms in total. The Morgan fingerprint density at radius 1 is 1.32 bits per heavy atom. The van der Waals surface area contributed by atoms with Gasteiger partial charge in [0, 0.05) is 19.2 Å². The summed E-state index contributed by atoms with van der Waals surface area (Å²) in [4.78, 5) is 4.28. The predicted octanol–water partition coefficient (Wildman–Crippen LogP) is 2.80. The number of nitrogens with one attached hydrogen (secondary N) is 1. The first-order valence-corrected chi connectivity index (χ1v) is 8.23. The Hall–Kier alpha value is -1.57. The largest absolute Gasteiger partial charge is 0.360 e. The lowest BCUT2D eigenvalue weighted by Gasteiger charge is -2.25. The molecular formula is C15H20N4O2S. The molecule has 0 aliphatic carbocycles. The summed E-state index contributed by atoms with van der Waals surface area (Å²) in [6.45, 7) is 6.34. The lowest BCUT2D eigenvalue weighted by atomic mass is 10.0. The van der Waals surface area contributed by atoms with Gasteiger partial charge in [-0.1, -0.05) is 24.3 Å². The van der Waals surface area contributed by atoms with E-state index < -0.39 is 5.79 Å². The van der Waals surface area contributed by atoms with Crippen molar-refractivity contribution in [3.8, 4) is 10.7 Å². The van der Waals surface area contributed by atoms with Crippen LogP contribution in [0, 0.1) is 5.92 Å². The van der Waals surface area contributed by atoms with Crippen molar-refractivity contribution in [1.29, 1.82) is 0 Å². The Labute approximate surface area is 133 Å². The van der Waals surface area contributed by atoms with Gasteiger partial charge in [0.1, 0.15) is 5.69 Å². The van der Waals surface area contributed by atoms with E-state index >= 15 is 0 Å². The minimum Gasteiger partial charge on any atom is -0.360 e. The minimum absolute atomic E-state index is 0.408. The van der Waals surface area contributed by atoms with Crippen molar-refractivity contribution in [2.75, 3.05) is 25.1 Å². The van der Waals surface area contributed by atoms with E-state index in [1.165, 1.54) is 11.3 Å². The van der Waals surface area contributed by atoms with Crippen LogP contribution in [-0.2, 0) is 9.47 Å². The Kier molecular flexibility index (Phi) is 4.66. The highest BCUT2D eigenvalue weighted by atomic mass is 32.1. The summed E-state index contributed by atoms with van der Waals surface area (Å²) in [7, 11) is 0. The van der Waals surface area contributed by atoms with Crippen LogP contribution in [0.5, 0.6) is 0 Å². The van der Waals surface area contributed by atoms with Gasteiger partial charge in [0.25, 0.3) is 0 Å². The number of anilines is 1. The van der Waals surface area contributed by atoms with Crippen molar-refractivity contribution < 1.29 is 9.47 Å². The van der Waals surface area contributed by atoms with Gasteiger partial charge in [-0.2, -0.15) is 0 Å². The van der Waals surface area contributed by atoms with E-state index in [4.69, 9.17) is 9.47 Å². The molecular weight excluding hydrogens is 300 g/mol. The zero-order valence-electron chi connectivity index (χ0n) is 12.8. The lowest BCUT2D eigenvalue weighted by molar-refractivity contribution is -0.153. The van der Waals surface area contributed by atoms with Crippen molar-refractivity contribution in [3.63, 3.8) is 0 Å². The van der Waals surface area contributed by atoms with Crippen molar-refractivity contribution in [2.45, 2.75) is 26.1 Å². The SMILES string of the molecule is C[C@@H](CNc1nnc(-c2ccccn2)s1)CC1(C)OCCO1. The molecule has 0 radical (unpaired) electrons.